The Hall–Kier alpha value is -3.39. The fraction of sp³-hybridized carbons (Fsp3) is 0.483. The molecule has 4 heterocycles. The zero-order valence-electron chi connectivity index (χ0n) is 22.9. The van der Waals surface area contributed by atoms with E-state index in [2.05, 4.69) is 0 Å². The minimum absolute atomic E-state index is 0.169. The van der Waals surface area contributed by atoms with Gasteiger partial charge in [0.25, 0.3) is 0 Å². The average Bonchev–Trinajstić information content (AvgIpc) is 3.42. The molecule has 0 spiro atoms. The highest BCUT2D eigenvalue weighted by atomic mass is 16.7. The summed E-state index contributed by atoms with van der Waals surface area (Å²) in [7, 11) is 3.03. The largest absolute Gasteiger partial charge is 0.493 e. The second-order valence-electron chi connectivity index (χ2n) is 10.9. The molecule has 1 fully saturated rings. The Kier molecular flexibility index (Phi) is 6.88. The number of ketones is 1. The highest BCUT2D eigenvalue weighted by Crippen LogP contribution is 2.51. The molecule has 0 aliphatic carbocycles. The minimum Gasteiger partial charge on any atom is -0.493 e. The zero-order chi connectivity index (χ0) is 29.2. The lowest BCUT2D eigenvalue weighted by Gasteiger charge is -2.43. The first kappa shape index (κ1) is 27.8. The first-order valence-corrected chi connectivity index (χ1v) is 13.2. The molecule has 6 rings (SSSR count). The molecule has 2 aromatic rings. The van der Waals surface area contributed by atoms with Crippen molar-refractivity contribution in [1.82, 2.24) is 0 Å². The van der Waals surface area contributed by atoms with E-state index in [0.29, 0.717) is 57.6 Å². The second-order valence-corrected chi connectivity index (χ2v) is 10.9. The van der Waals surface area contributed by atoms with Gasteiger partial charge < -0.3 is 53.6 Å². The molecule has 12 heteroatoms. The lowest BCUT2D eigenvalue weighted by atomic mass is 9.84. The van der Waals surface area contributed by atoms with Crippen molar-refractivity contribution in [2.24, 2.45) is 0 Å². The van der Waals surface area contributed by atoms with Crippen molar-refractivity contribution in [3.05, 3.63) is 53.0 Å². The maximum absolute atomic E-state index is 13.8. The molecule has 0 radical (unpaired) electrons. The standard InChI is InChI=1S/C29H32O12/c1-29(2,41-28-26(34)25(33)24(32)19(10-30)40-28)21-8-14-15(38-21)6-5-12-23(31)22-13-7-17(35-3)18(36-4)9-16(13)37-11-20(22)39-27(12)14/h5-7,9,11,19,21-22,24-26,28,30,32-34H,8,10H2,1-4H3/t19-,21-,22?,24-,25+,26-,28+/m1/s1. The summed E-state index contributed by atoms with van der Waals surface area (Å²) in [5, 5.41) is 40.2. The number of aliphatic hydroxyl groups is 4. The Balaban J connectivity index is 1.26. The number of carbonyl (C=O) groups is 1. The van der Waals surface area contributed by atoms with Crippen LogP contribution < -0.4 is 23.7 Å². The van der Waals surface area contributed by atoms with E-state index in [1.807, 2.05) is 0 Å². The fourth-order valence-corrected chi connectivity index (χ4v) is 5.71. The highest BCUT2D eigenvalue weighted by molar-refractivity contribution is 6.07. The summed E-state index contributed by atoms with van der Waals surface area (Å²) >= 11 is 0. The number of aliphatic hydroxyl groups excluding tert-OH is 4. The molecule has 4 aliphatic rings. The van der Waals surface area contributed by atoms with E-state index in [9.17, 15) is 25.2 Å². The third-order valence-corrected chi connectivity index (χ3v) is 8.08. The predicted molar refractivity (Wildman–Crippen MR) is 139 cm³/mol. The molecule has 4 N–H and O–H groups in total. The van der Waals surface area contributed by atoms with E-state index in [1.54, 1.807) is 38.1 Å². The Bertz CT molecular complexity index is 1400. The molecule has 41 heavy (non-hydrogen) atoms. The molecule has 1 unspecified atom stereocenters. The summed E-state index contributed by atoms with van der Waals surface area (Å²) < 4.78 is 40.7. The summed E-state index contributed by atoms with van der Waals surface area (Å²) in [5.41, 5.74) is 0.580. The van der Waals surface area contributed by atoms with Crippen LogP contribution in [-0.4, -0.2) is 89.4 Å². The van der Waals surface area contributed by atoms with Gasteiger partial charge in [-0.3, -0.25) is 4.79 Å². The van der Waals surface area contributed by atoms with E-state index in [0.717, 1.165) is 0 Å². The van der Waals surface area contributed by atoms with Gasteiger partial charge >= 0.3 is 0 Å². The van der Waals surface area contributed by atoms with Crippen LogP contribution in [0.25, 0.3) is 0 Å². The van der Waals surface area contributed by atoms with E-state index in [-0.39, 0.29) is 5.78 Å². The summed E-state index contributed by atoms with van der Waals surface area (Å²) in [6.45, 7) is 2.89. The first-order chi connectivity index (χ1) is 19.6. The Morgan fingerprint density at radius 2 is 1.73 bits per heavy atom. The third-order valence-electron chi connectivity index (χ3n) is 8.08. The summed E-state index contributed by atoms with van der Waals surface area (Å²) in [4.78, 5) is 13.8. The quantitative estimate of drug-likeness (QED) is 0.392. The van der Waals surface area contributed by atoms with Gasteiger partial charge in [-0.05, 0) is 32.0 Å². The van der Waals surface area contributed by atoms with Crippen molar-refractivity contribution in [3.63, 3.8) is 0 Å². The second kappa shape index (κ2) is 10.2. The molecule has 0 saturated carbocycles. The molecule has 12 nitrogen and oxygen atoms in total. The van der Waals surface area contributed by atoms with Crippen LogP contribution in [0.3, 0.4) is 0 Å². The van der Waals surface area contributed by atoms with E-state index < -0.39 is 54.9 Å². The van der Waals surface area contributed by atoms with Crippen LogP contribution in [0.5, 0.6) is 28.7 Å². The fourth-order valence-electron chi connectivity index (χ4n) is 5.71. The van der Waals surface area contributed by atoms with E-state index in [1.165, 1.54) is 20.5 Å². The molecule has 7 atom stereocenters. The maximum Gasteiger partial charge on any atom is 0.187 e. The van der Waals surface area contributed by atoms with Gasteiger partial charge in [0.15, 0.2) is 29.3 Å². The number of benzene rings is 2. The molecule has 0 aromatic heterocycles. The van der Waals surface area contributed by atoms with Crippen molar-refractivity contribution < 1.29 is 58.4 Å². The number of fused-ring (bicyclic) bond motifs is 6. The number of rotatable bonds is 6. The van der Waals surface area contributed by atoms with Crippen LogP contribution in [0.1, 0.15) is 41.3 Å². The number of allylic oxidation sites excluding steroid dienone is 1. The van der Waals surface area contributed by atoms with Crippen LogP contribution in [0.2, 0.25) is 0 Å². The summed E-state index contributed by atoms with van der Waals surface area (Å²) in [5.74, 6) is 1.71. The molecule has 220 valence electrons. The van der Waals surface area contributed by atoms with Crippen molar-refractivity contribution in [3.8, 4) is 28.7 Å². The van der Waals surface area contributed by atoms with Crippen LogP contribution in [0.4, 0.5) is 0 Å². The number of carbonyl (C=O) groups excluding carboxylic acids is 1. The van der Waals surface area contributed by atoms with Crippen molar-refractivity contribution in [1.29, 1.82) is 0 Å². The van der Waals surface area contributed by atoms with Gasteiger partial charge in [-0.15, -0.1) is 0 Å². The highest BCUT2D eigenvalue weighted by Gasteiger charge is 2.49. The topological polar surface area (TPSA) is 163 Å². The Morgan fingerprint density at radius 1 is 1.00 bits per heavy atom. The molecule has 1 saturated heterocycles. The predicted octanol–water partition coefficient (Wildman–Crippen LogP) is 1.20. The minimum atomic E-state index is -1.57. The summed E-state index contributed by atoms with van der Waals surface area (Å²) in [6, 6.07) is 6.76. The molecular formula is C29H32O12. The van der Waals surface area contributed by atoms with Gasteiger partial charge in [0.2, 0.25) is 0 Å². The number of methoxy groups -OCH3 is 2. The normalized spacial score (nSPS) is 30.0. The average molecular weight is 573 g/mol. The van der Waals surface area contributed by atoms with Gasteiger partial charge in [-0.1, -0.05) is 0 Å². The molecule has 0 bridgehead atoms. The summed E-state index contributed by atoms with van der Waals surface area (Å²) in [6.07, 6.45) is -5.94. The molecular weight excluding hydrogens is 540 g/mol. The maximum atomic E-state index is 13.8. The molecule has 0 amide bonds. The smallest absolute Gasteiger partial charge is 0.187 e. The monoisotopic (exact) mass is 572 g/mol. The lowest BCUT2D eigenvalue weighted by molar-refractivity contribution is -0.329. The number of ether oxygens (including phenoxy) is 7. The number of hydrogen-bond acceptors (Lipinski definition) is 12. The first-order valence-electron chi connectivity index (χ1n) is 13.2. The lowest BCUT2D eigenvalue weighted by Crippen LogP contribution is -2.61. The van der Waals surface area contributed by atoms with Gasteiger partial charge in [0.05, 0.1) is 26.4 Å². The van der Waals surface area contributed by atoms with Crippen LogP contribution in [0, 0.1) is 0 Å². The van der Waals surface area contributed by atoms with Crippen LogP contribution >= 0.6 is 0 Å². The van der Waals surface area contributed by atoms with Crippen LogP contribution in [0.15, 0.2) is 36.3 Å². The van der Waals surface area contributed by atoms with Gasteiger partial charge in [0, 0.05) is 23.6 Å². The van der Waals surface area contributed by atoms with Gasteiger partial charge in [-0.25, -0.2) is 0 Å². The third kappa shape index (κ3) is 4.42. The Labute approximate surface area is 235 Å². The molecule has 4 aliphatic heterocycles. The van der Waals surface area contributed by atoms with Gasteiger partial charge in [-0.2, -0.15) is 0 Å². The van der Waals surface area contributed by atoms with Gasteiger partial charge in [0.1, 0.15) is 65.5 Å². The number of Topliss-reactive ketones (excluding diaryl/α,β-unsaturated/α-hetero) is 1. The van der Waals surface area contributed by atoms with Crippen molar-refractivity contribution in [2.75, 3.05) is 20.8 Å². The number of hydrogen-bond donors (Lipinski definition) is 4. The van der Waals surface area contributed by atoms with Crippen molar-refractivity contribution >= 4 is 5.78 Å². The van der Waals surface area contributed by atoms with Crippen molar-refractivity contribution in [2.45, 2.75) is 68.6 Å². The van der Waals surface area contributed by atoms with Crippen LogP contribution in [-0.2, 0) is 15.9 Å². The van der Waals surface area contributed by atoms with E-state index >= 15 is 0 Å². The SMILES string of the molecule is COc1cc2c(cc1OC)C1C(=O)c3ccc4c(c3OC1=CO2)C[C@H](C(C)(C)O[C@@H]1O[C@H](CO)[C@@H](O)[C@H](O)[C@H]1O)O4. The Morgan fingerprint density at radius 3 is 2.44 bits per heavy atom. The molecule has 2 aromatic carbocycles. The zero-order valence-corrected chi connectivity index (χ0v) is 22.9. The van der Waals surface area contributed by atoms with E-state index in [4.69, 9.17) is 33.2 Å².